The zero-order valence-corrected chi connectivity index (χ0v) is 18.3. The molecule has 3 aromatic heterocycles. The Hall–Kier alpha value is -4.16. The molecule has 0 spiro atoms. The minimum Gasteiger partial charge on any atom is -0.368 e. The van der Waals surface area contributed by atoms with E-state index in [0.29, 0.717) is 35.2 Å². The smallest absolute Gasteiger partial charge is 0.221 e. The number of nitrogen functional groups attached to an aromatic ring is 1. The van der Waals surface area contributed by atoms with Gasteiger partial charge in [0.2, 0.25) is 5.95 Å². The second-order valence-corrected chi connectivity index (χ2v) is 8.11. The topological polar surface area (TPSA) is 122 Å². The van der Waals surface area contributed by atoms with E-state index in [-0.39, 0.29) is 5.95 Å². The highest BCUT2D eigenvalue weighted by molar-refractivity contribution is 5.68. The molecule has 4 aromatic rings. The third-order valence-corrected chi connectivity index (χ3v) is 5.85. The molecule has 0 radical (unpaired) electrons. The maximum atomic E-state index is 9.17. The number of nitrogens with zero attached hydrogens (tertiary/aromatic N) is 8. The Kier molecular flexibility index (Phi) is 5.50. The van der Waals surface area contributed by atoms with Gasteiger partial charge in [0, 0.05) is 24.7 Å². The largest absolute Gasteiger partial charge is 0.368 e. The average molecular weight is 438 g/mol. The molecule has 0 saturated carbocycles. The molecule has 9 heteroatoms. The van der Waals surface area contributed by atoms with Crippen molar-refractivity contribution in [2.75, 3.05) is 18.8 Å². The van der Waals surface area contributed by atoms with Crippen molar-refractivity contribution in [3.63, 3.8) is 0 Å². The number of hydrogen-bond acceptors (Lipinski definition) is 8. The fourth-order valence-electron chi connectivity index (χ4n) is 3.89. The Morgan fingerprint density at radius 2 is 1.85 bits per heavy atom. The van der Waals surface area contributed by atoms with Crippen LogP contribution in [-0.2, 0) is 6.54 Å². The third kappa shape index (κ3) is 4.42. The highest BCUT2D eigenvalue weighted by Crippen LogP contribution is 2.25. The van der Waals surface area contributed by atoms with E-state index in [2.05, 4.69) is 44.2 Å². The van der Waals surface area contributed by atoms with Gasteiger partial charge in [-0.3, -0.25) is 9.88 Å². The lowest BCUT2D eigenvalue weighted by Crippen LogP contribution is -2.39. The predicted octanol–water partition coefficient (Wildman–Crippen LogP) is 3.07. The SMILES string of the molecule is C[C@@H](c1cccc(Cn2cc(-c3cc(-c4cccc(C#N)c4)nc(N)n3)nn2)n1)N1CCC1. The minimum atomic E-state index is 0.133. The van der Waals surface area contributed by atoms with Crippen LogP contribution in [0.1, 0.15) is 36.3 Å². The zero-order chi connectivity index (χ0) is 22.8. The maximum Gasteiger partial charge on any atom is 0.221 e. The van der Waals surface area contributed by atoms with Crippen molar-refractivity contribution in [2.24, 2.45) is 0 Å². The predicted molar refractivity (Wildman–Crippen MR) is 124 cm³/mol. The summed E-state index contributed by atoms with van der Waals surface area (Å²) in [6.45, 7) is 4.96. The number of aromatic nitrogens is 6. The van der Waals surface area contributed by atoms with Crippen molar-refractivity contribution in [3.05, 3.63) is 71.7 Å². The highest BCUT2D eigenvalue weighted by Gasteiger charge is 2.22. The van der Waals surface area contributed by atoms with Crippen molar-refractivity contribution < 1.29 is 0 Å². The Balaban J connectivity index is 1.38. The second-order valence-electron chi connectivity index (χ2n) is 8.11. The molecule has 0 bridgehead atoms. The summed E-state index contributed by atoms with van der Waals surface area (Å²) in [5.74, 6) is 0.133. The lowest BCUT2D eigenvalue weighted by atomic mass is 10.1. The molecule has 1 aromatic carbocycles. The minimum absolute atomic E-state index is 0.133. The molecule has 1 atom stereocenters. The fourth-order valence-corrected chi connectivity index (χ4v) is 3.89. The van der Waals surface area contributed by atoms with Crippen LogP contribution < -0.4 is 5.73 Å². The molecule has 1 aliphatic rings. The average Bonchev–Trinajstić information content (AvgIpc) is 3.26. The number of rotatable bonds is 6. The summed E-state index contributed by atoms with van der Waals surface area (Å²) in [5, 5.41) is 17.7. The molecule has 2 N–H and O–H groups in total. The lowest BCUT2D eigenvalue weighted by Gasteiger charge is -2.36. The molecule has 164 valence electrons. The van der Waals surface area contributed by atoms with E-state index in [1.165, 1.54) is 6.42 Å². The van der Waals surface area contributed by atoms with E-state index in [4.69, 9.17) is 10.7 Å². The van der Waals surface area contributed by atoms with Crippen LogP contribution >= 0.6 is 0 Å². The molecule has 1 saturated heterocycles. The van der Waals surface area contributed by atoms with Crippen molar-refractivity contribution in [2.45, 2.75) is 25.9 Å². The standard InChI is InChI=1S/C24H23N9/c1-16(32-9-4-10-32)20-8-3-7-19(27-20)14-33-15-23(30-31-33)22-12-21(28-24(26)29-22)18-6-2-5-17(11-18)13-25/h2-3,5-8,11-12,15-16H,4,9-10,14H2,1H3,(H2,26,28,29)/t16-/m0/s1. The number of nitrogens with two attached hydrogens (primary N) is 1. The molecule has 0 unspecified atom stereocenters. The highest BCUT2D eigenvalue weighted by atomic mass is 15.4. The van der Waals surface area contributed by atoms with Crippen LogP contribution in [0.2, 0.25) is 0 Å². The number of anilines is 1. The Morgan fingerprint density at radius 3 is 2.64 bits per heavy atom. The van der Waals surface area contributed by atoms with E-state index in [1.807, 2.05) is 30.5 Å². The van der Waals surface area contributed by atoms with Gasteiger partial charge < -0.3 is 5.73 Å². The summed E-state index contributed by atoms with van der Waals surface area (Å²) < 4.78 is 1.74. The molecule has 0 aliphatic carbocycles. The first-order valence-corrected chi connectivity index (χ1v) is 10.8. The van der Waals surface area contributed by atoms with Gasteiger partial charge in [0.25, 0.3) is 0 Å². The maximum absolute atomic E-state index is 9.17. The van der Waals surface area contributed by atoms with E-state index < -0.39 is 0 Å². The molecule has 5 rings (SSSR count). The van der Waals surface area contributed by atoms with Gasteiger partial charge >= 0.3 is 0 Å². The van der Waals surface area contributed by atoms with Crippen LogP contribution in [0.25, 0.3) is 22.6 Å². The summed E-state index contributed by atoms with van der Waals surface area (Å²) in [5.41, 5.74) is 11.1. The van der Waals surface area contributed by atoms with Crippen LogP contribution in [0, 0.1) is 11.3 Å². The Labute approximate surface area is 191 Å². The molecule has 1 aliphatic heterocycles. The first kappa shape index (κ1) is 20.7. The molecular formula is C24H23N9. The quantitative estimate of drug-likeness (QED) is 0.488. The number of hydrogen-bond donors (Lipinski definition) is 1. The van der Waals surface area contributed by atoms with E-state index >= 15 is 0 Å². The summed E-state index contributed by atoms with van der Waals surface area (Å²) in [7, 11) is 0. The molecular weight excluding hydrogens is 414 g/mol. The number of nitriles is 1. The normalized spacial score (nSPS) is 14.4. The second kappa shape index (κ2) is 8.76. The molecule has 4 heterocycles. The molecule has 0 amide bonds. The summed E-state index contributed by atoms with van der Waals surface area (Å²) in [4.78, 5) is 15.9. The summed E-state index contributed by atoms with van der Waals surface area (Å²) in [6.07, 6.45) is 3.08. The fraction of sp³-hybridized carbons (Fsp3) is 0.250. The number of benzene rings is 1. The molecule has 1 fully saturated rings. The molecule has 33 heavy (non-hydrogen) atoms. The number of pyridine rings is 1. The van der Waals surface area contributed by atoms with Gasteiger partial charge in [0.05, 0.1) is 47.1 Å². The monoisotopic (exact) mass is 437 g/mol. The van der Waals surface area contributed by atoms with Crippen LogP contribution in [0.5, 0.6) is 0 Å². The lowest BCUT2D eigenvalue weighted by molar-refractivity contribution is 0.126. The van der Waals surface area contributed by atoms with E-state index in [9.17, 15) is 5.26 Å². The van der Waals surface area contributed by atoms with Crippen molar-refractivity contribution in [1.29, 1.82) is 5.26 Å². The third-order valence-electron chi connectivity index (χ3n) is 5.85. The van der Waals surface area contributed by atoms with Gasteiger partial charge in [-0.1, -0.05) is 23.4 Å². The summed E-state index contributed by atoms with van der Waals surface area (Å²) in [6, 6.07) is 17.6. The Bertz CT molecular complexity index is 1330. The van der Waals surface area contributed by atoms with Crippen LogP contribution in [-0.4, -0.2) is 47.9 Å². The molecule has 9 nitrogen and oxygen atoms in total. The van der Waals surface area contributed by atoms with Gasteiger partial charge in [-0.2, -0.15) is 5.26 Å². The van der Waals surface area contributed by atoms with Crippen molar-refractivity contribution in [3.8, 4) is 28.7 Å². The Morgan fingerprint density at radius 1 is 1.03 bits per heavy atom. The van der Waals surface area contributed by atoms with E-state index in [0.717, 1.165) is 30.0 Å². The van der Waals surface area contributed by atoms with Gasteiger partial charge in [0.15, 0.2) is 0 Å². The first-order chi connectivity index (χ1) is 16.1. The van der Waals surface area contributed by atoms with Gasteiger partial charge in [0.1, 0.15) is 5.69 Å². The zero-order valence-electron chi connectivity index (χ0n) is 18.3. The van der Waals surface area contributed by atoms with Crippen molar-refractivity contribution in [1.82, 2.24) is 34.8 Å². The van der Waals surface area contributed by atoms with Crippen LogP contribution in [0.4, 0.5) is 5.95 Å². The van der Waals surface area contributed by atoms with Crippen molar-refractivity contribution >= 4 is 5.95 Å². The summed E-state index contributed by atoms with van der Waals surface area (Å²) >= 11 is 0. The first-order valence-electron chi connectivity index (χ1n) is 10.8. The van der Waals surface area contributed by atoms with Crippen LogP contribution in [0.3, 0.4) is 0 Å². The van der Waals surface area contributed by atoms with Gasteiger partial charge in [-0.25, -0.2) is 14.6 Å². The van der Waals surface area contributed by atoms with E-state index in [1.54, 1.807) is 22.9 Å². The van der Waals surface area contributed by atoms with Gasteiger partial charge in [-0.05, 0) is 43.7 Å². The van der Waals surface area contributed by atoms with Crippen LogP contribution in [0.15, 0.2) is 54.7 Å². The van der Waals surface area contributed by atoms with Gasteiger partial charge in [-0.15, -0.1) is 5.10 Å². The number of likely N-dealkylation sites (tertiary alicyclic amines) is 1.